The number of halogens is 2. The van der Waals surface area contributed by atoms with Gasteiger partial charge in [0.25, 0.3) is 0 Å². The van der Waals surface area contributed by atoms with Crippen LogP contribution in [0.15, 0.2) is 77.5 Å². The van der Waals surface area contributed by atoms with E-state index in [9.17, 15) is 18.7 Å². The fraction of sp³-hybridized carbons (Fsp3) is 0.160. The van der Waals surface area contributed by atoms with Crippen molar-refractivity contribution in [1.82, 2.24) is 9.97 Å². The Morgan fingerprint density at radius 3 is 2.34 bits per heavy atom. The van der Waals surface area contributed by atoms with Crippen LogP contribution in [-0.2, 0) is 24.1 Å². The van der Waals surface area contributed by atoms with Gasteiger partial charge in [0.15, 0.2) is 0 Å². The predicted molar refractivity (Wildman–Crippen MR) is 114 cm³/mol. The summed E-state index contributed by atoms with van der Waals surface area (Å²) in [7, 11) is 0. The van der Waals surface area contributed by atoms with Crippen LogP contribution in [0.3, 0.4) is 0 Å². The predicted octanol–water partition coefficient (Wildman–Crippen LogP) is 5.09. The van der Waals surface area contributed by atoms with Gasteiger partial charge in [-0.25, -0.2) is 13.8 Å². The second-order valence-electron chi connectivity index (χ2n) is 7.41. The maximum Gasteiger partial charge on any atom is 0.307 e. The summed E-state index contributed by atoms with van der Waals surface area (Å²) < 4.78 is 34.0. The maximum absolute atomic E-state index is 14.3. The largest absolute Gasteiger partial charge is 0.481 e. The highest BCUT2D eigenvalue weighted by Crippen LogP contribution is 2.24. The molecule has 32 heavy (non-hydrogen) atoms. The SMILES string of the molecule is O=C(O)C(Cc1ccco1)Cc1ncc(-c2ccccc2)nc1Cc1c(F)cccc1F. The van der Waals surface area contributed by atoms with Crippen LogP contribution in [0.25, 0.3) is 11.3 Å². The minimum atomic E-state index is -1.02. The van der Waals surface area contributed by atoms with E-state index >= 15 is 0 Å². The van der Waals surface area contributed by atoms with Crippen LogP contribution in [0.2, 0.25) is 0 Å². The molecule has 4 aromatic rings. The fourth-order valence-electron chi connectivity index (χ4n) is 3.53. The highest BCUT2D eigenvalue weighted by Gasteiger charge is 2.24. The first kappa shape index (κ1) is 21.4. The van der Waals surface area contributed by atoms with Gasteiger partial charge in [-0.2, -0.15) is 0 Å². The molecular formula is C25H20F2N2O3. The highest BCUT2D eigenvalue weighted by molar-refractivity contribution is 5.70. The molecule has 0 aliphatic rings. The zero-order valence-electron chi connectivity index (χ0n) is 17.0. The van der Waals surface area contributed by atoms with Crippen LogP contribution < -0.4 is 0 Å². The molecule has 0 amide bonds. The molecule has 7 heteroatoms. The molecule has 0 radical (unpaired) electrons. The first-order valence-corrected chi connectivity index (χ1v) is 10.1. The molecule has 5 nitrogen and oxygen atoms in total. The van der Waals surface area contributed by atoms with Crippen molar-refractivity contribution in [1.29, 1.82) is 0 Å². The number of carboxylic acids is 1. The van der Waals surface area contributed by atoms with Crippen molar-refractivity contribution in [2.45, 2.75) is 19.3 Å². The van der Waals surface area contributed by atoms with E-state index in [1.54, 1.807) is 18.3 Å². The number of nitrogens with zero attached hydrogens (tertiary/aromatic N) is 2. The molecule has 0 saturated carbocycles. The van der Waals surface area contributed by atoms with Crippen LogP contribution >= 0.6 is 0 Å². The molecule has 0 aliphatic carbocycles. The van der Waals surface area contributed by atoms with Gasteiger partial charge in [-0.15, -0.1) is 0 Å². The summed E-state index contributed by atoms with van der Waals surface area (Å²) in [5.74, 6) is -2.69. The standard InChI is InChI=1S/C25H20F2N2O3/c26-20-9-4-10-21(27)19(20)14-23-22(13-17(25(30)31)12-18-8-5-11-32-18)28-15-24(29-23)16-6-2-1-3-7-16/h1-11,15,17H,12-14H2,(H,30,31). The lowest BCUT2D eigenvalue weighted by Crippen LogP contribution is -2.21. The molecule has 2 aromatic heterocycles. The first-order chi connectivity index (χ1) is 15.5. The van der Waals surface area contributed by atoms with Crippen molar-refractivity contribution >= 4 is 5.97 Å². The molecule has 0 bridgehead atoms. The number of furan rings is 1. The Morgan fingerprint density at radius 2 is 1.69 bits per heavy atom. The Balaban J connectivity index is 1.72. The lowest BCUT2D eigenvalue weighted by molar-refractivity contribution is -0.141. The molecule has 0 fully saturated rings. The van der Waals surface area contributed by atoms with Crippen molar-refractivity contribution < 1.29 is 23.1 Å². The molecular weight excluding hydrogens is 414 g/mol. The number of rotatable bonds is 8. The summed E-state index contributed by atoms with van der Waals surface area (Å²) in [6.07, 6.45) is 3.10. The van der Waals surface area contributed by atoms with Gasteiger partial charge in [0.05, 0.1) is 35.5 Å². The van der Waals surface area contributed by atoms with Gasteiger partial charge in [0, 0.05) is 30.4 Å². The Kier molecular flexibility index (Phi) is 6.35. The molecule has 2 aromatic carbocycles. The fourth-order valence-corrected chi connectivity index (χ4v) is 3.53. The molecule has 1 atom stereocenters. The Hall–Kier alpha value is -3.87. The number of hydrogen-bond donors (Lipinski definition) is 1. The topological polar surface area (TPSA) is 76.2 Å². The molecule has 0 aliphatic heterocycles. The lowest BCUT2D eigenvalue weighted by Gasteiger charge is -2.15. The quantitative estimate of drug-likeness (QED) is 0.418. The van der Waals surface area contributed by atoms with Crippen LogP contribution in [0.4, 0.5) is 8.78 Å². The second-order valence-corrected chi connectivity index (χ2v) is 7.41. The van der Waals surface area contributed by atoms with E-state index in [0.29, 0.717) is 22.8 Å². The zero-order chi connectivity index (χ0) is 22.5. The number of carbonyl (C=O) groups is 1. The second kappa shape index (κ2) is 9.51. The van der Waals surface area contributed by atoms with Gasteiger partial charge in [-0.3, -0.25) is 9.78 Å². The van der Waals surface area contributed by atoms with Crippen LogP contribution in [0, 0.1) is 17.6 Å². The summed E-state index contributed by atoms with van der Waals surface area (Å²) >= 11 is 0. The minimum absolute atomic E-state index is 0.0451. The van der Waals surface area contributed by atoms with Crippen LogP contribution in [-0.4, -0.2) is 21.0 Å². The monoisotopic (exact) mass is 434 g/mol. The van der Waals surface area contributed by atoms with Crippen molar-refractivity contribution in [3.05, 3.63) is 107 Å². The number of aromatic nitrogens is 2. The first-order valence-electron chi connectivity index (χ1n) is 10.1. The number of benzene rings is 2. The number of aliphatic carboxylic acids is 1. The van der Waals surface area contributed by atoms with Gasteiger partial charge in [0.2, 0.25) is 0 Å². The Labute approximate surface area is 183 Å². The van der Waals surface area contributed by atoms with E-state index in [2.05, 4.69) is 9.97 Å². The average Bonchev–Trinajstić information content (AvgIpc) is 3.30. The van der Waals surface area contributed by atoms with Crippen LogP contribution in [0.5, 0.6) is 0 Å². The third kappa shape index (κ3) is 4.88. The van der Waals surface area contributed by atoms with Gasteiger partial charge < -0.3 is 9.52 Å². The molecule has 4 rings (SSSR count). The number of hydrogen-bond acceptors (Lipinski definition) is 4. The smallest absolute Gasteiger partial charge is 0.307 e. The molecule has 162 valence electrons. The summed E-state index contributed by atoms with van der Waals surface area (Å²) in [5, 5.41) is 9.72. The average molecular weight is 434 g/mol. The van der Waals surface area contributed by atoms with E-state index in [0.717, 1.165) is 5.56 Å². The summed E-state index contributed by atoms with van der Waals surface area (Å²) in [6, 6.07) is 16.3. The lowest BCUT2D eigenvalue weighted by atomic mass is 9.95. The van der Waals surface area contributed by atoms with Crippen molar-refractivity contribution in [2.75, 3.05) is 0 Å². The minimum Gasteiger partial charge on any atom is -0.481 e. The third-order valence-electron chi connectivity index (χ3n) is 5.22. The molecule has 1 N–H and O–H groups in total. The zero-order valence-corrected chi connectivity index (χ0v) is 17.0. The van der Waals surface area contributed by atoms with E-state index < -0.39 is 23.5 Å². The molecule has 0 spiro atoms. The highest BCUT2D eigenvalue weighted by atomic mass is 19.1. The van der Waals surface area contributed by atoms with Crippen molar-refractivity contribution in [2.24, 2.45) is 5.92 Å². The molecule has 2 heterocycles. The van der Waals surface area contributed by atoms with E-state index in [1.165, 1.54) is 24.5 Å². The normalized spacial score (nSPS) is 11.9. The van der Waals surface area contributed by atoms with Crippen molar-refractivity contribution in [3.63, 3.8) is 0 Å². The van der Waals surface area contributed by atoms with Gasteiger partial charge >= 0.3 is 5.97 Å². The molecule has 1 unspecified atom stereocenters. The Morgan fingerprint density at radius 1 is 0.938 bits per heavy atom. The van der Waals surface area contributed by atoms with E-state index in [-0.39, 0.29) is 24.8 Å². The maximum atomic E-state index is 14.3. The van der Waals surface area contributed by atoms with Gasteiger partial charge in [0.1, 0.15) is 17.4 Å². The Bertz CT molecular complexity index is 1190. The molecule has 0 saturated heterocycles. The van der Waals surface area contributed by atoms with E-state index in [4.69, 9.17) is 4.42 Å². The number of carboxylic acid groups (broad SMARTS) is 1. The van der Waals surface area contributed by atoms with Gasteiger partial charge in [-0.1, -0.05) is 36.4 Å². The summed E-state index contributed by atoms with van der Waals surface area (Å²) in [5.41, 5.74) is 1.92. The third-order valence-corrected chi connectivity index (χ3v) is 5.22. The summed E-state index contributed by atoms with van der Waals surface area (Å²) in [4.78, 5) is 21.0. The van der Waals surface area contributed by atoms with Gasteiger partial charge in [-0.05, 0) is 24.3 Å². The van der Waals surface area contributed by atoms with E-state index in [1.807, 2.05) is 30.3 Å². The summed E-state index contributed by atoms with van der Waals surface area (Å²) in [6.45, 7) is 0. The van der Waals surface area contributed by atoms with Crippen LogP contribution in [0.1, 0.15) is 22.7 Å². The van der Waals surface area contributed by atoms with Crippen molar-refractivity contribution in [3.8, 4) is 11.3 Å².